The van der Waals surface area contributed by atoms with Gasteiger partial charge in [0.05, 0.1) is 4.90 Å². The maximum absolute atomic E-state index is 12.9. The van der Waals surface area contributed by atoms with Crippen LogP contribution in [0.25, 0.3) is 0 Å². The minimum atomic E-state index is -3.64. The van der Waals surface area contributed by atoms with Gasteiger partial charge in [0.1, 0.15) is 5.82 Å². The number of nitrogens with zero attached hydrogens (tertiary/aromatic N) is 1. The van der Waals surface area contributed by atoms with Crippen molar-refractivity contribution in [3.05, 3.63) is 59.9 Å². The molecule has 2 aromatic carbocycles. The lowest BCUT2D eigenvalue weighted by atomic mass is 10.1. The number of carbonyl (C=O) groups excluding carboxylic acids is 2. The molecule has 0 unspecified atom stereocenters. The van der Waals surface area contributed by atoms with Gasteiger partial charge in [0, 0.05) is 26.2 Å². The van der Waals surface area contributed by atoms with E-state index in [4.69, 9.17) is 4.74 Å². The van der Waals surface area contributed by atoms with Gasteiger partial charge in [-0.25, -0.2) is 17.1 Å². The highest BCUT2D eigenvalue weighted by molar-refractivity contribution is 7.89. The van der Waals surface area contributed by atoms with Crippen molar-refractivity contribution in [2.45, 2.75) is 30.8 Å². The molecule has 1 atom stereocenters. The van der Waals surface area contributed by atoms with E-state index in [0.717, 1.165) is 9.87 Å². The molecule has 0 radical (unpaired) electrons. The van der Waals surface area contributed by atoms with Crippen molar-refractivity contribution in [1.29, 1.82) is 0 Å². The molecule has 1 N–H and O–H groups in total. The van der Waals surface area contributed by atoms with Crippen molar-refractivity contribution in [3.8, 4) is 0 Å². The van der Waals surface area contributed by atoms with Crippen LogP contribution in [0, 0.1) is 5.82 Å². The molecule has 0 aliphatic carbocycles. The fraction of sp³-hybridized carbons (Fsp3) is 0.300. The molecule has 0 bridgehead atoms. The highest BCUT2D eigenvalue weighted by Crippen LogP contribution is 2.18. The summed E-state index contributed by atoms with van der Waals surface area (Å²) in [5, 5.41) is 2.54. The molecule has 2 rings (SSSR count). The van der Waals surface area contributed by atoms with E-state index >= 15 is 0 Å². The minimum absolute atomic E-state index is 0.0317. The lowest BCUT2D eigenvalue weighted by Gasteiger charge is -2.15. The van der Waals surface area contributed by atoms with Gasteiger partial charge in [0.2, 0.25) is 10.0 Å². The molecule has 1 amide bonds. The van der Waals surface area contributed by atoms with Gasteiger partial charge >= 0.3 is 5.97 Å². The number of nitrogens with one attached hydrogen (secondary N) is 1. The maximum atomic E-state index is 12.9. The third kappa shape index (κ3) is 6.37. The Morgan fingerprint density at radius 3 is 2.41 bits per heavy atom. The van der Waals surface area contributed by atoms with Crippen LogP contribution in [0.15, 0.2) is 53.4 Å². The van der Waals surface area contributed by atoms with Crippen LogP contribution in [0.1, 0.15) is 18.9 Å². The van der Waals surface area contributed by atoms with E-state index in [0.29, 0.717) is 6.42 Å². The molecule has 0 heterocycles. The number of benzene rings is 2. The van der Waals surface area contributed by atoms with Crippen molar-refractivity contribution >= 4 is 27.6 Å². The third-order valence-corrected chi connectivity index (χ3v) is 5.90. The van der Waals surface area contributed by atoms with Crippen molar-refractivity contribution < 1.29 is 27.1 Å². The summed E-state index contributed by atoms with van der Waals surface area (Å²) >= 11 is 0. The minimum Gasteiger partial charge on any atom is -0.453 e. The zero-order chi connectivity index (χ0) is 21.6. The van der Waals surface area contributed by atoms with Crippen LogP contribution < -0.4 is 5.32 Å². The van der Waals surface area contributed by atoms with Gasteiger partial charge in [-0.15, -0.1) is 0 Å². The summed E-state index contributed by atoms with van der Waals surface area (Å²) < 4.78 is 43.4. The Morgan fingerprint density at radius 2 is 1.79 bits per heavy atom. The van der Waals surface area contributed by atoms with Crippen molar-refractivity contribution in [3.63, 3.8) is 0 Å². The van der Waals surface area contributed by atoms with Crippen molar-refractivity contribution in [1.82, 2.24) is 4.31 Å². The van der Waals surface area contributed by atoms with Crippen LogP contribution in [0.4, 0.5) is 10.1 Å². The number of amides is 1. The molecule has 0 fully saturated rings. The summed E-state index contributed by atoms with van der Waals surface area (Å²) in [5.41, 5.74) is 1.05. The van der Waals surface area contributed by atoms with E-state index in [1.165, 1.54) is 57.4 Å². The molecule has 0 aliphatic heterocycles. The van der Waals surface area contributed by atoms with Crippen molar-refractivity contribution in [2.24, 2.45) is 0 Å². The van der Waals surface area contributed by atoms with E-state index in [1.807, 2.05) is 0 Å². The Kier molecular flexibility index (Phi) is 7.46. The summed E-state index contributed by atoms with van der Waals surface area (Å²) in [7, 11) is -0.816. The van der Waals surface area contributed by atoms with Gasteiger partial charge in [-0.3, -0.25) is 9.59 Å². The second-order valence-electron chi connectivity index (χ2n) is 6.56. The van der Waals surface area contributed by atoms with E-state index in [-0.39, 0.29) is 22.8 Å². The zero-order valence-corrected chi connectivity index (χ0v) is 17.2. The van der Waals surface area contributed by atoms with E-state index in [2.05, 4.69) is 5.32 Å². The summed E-state index contributed by atoms with van der Waals surface area (Å²) in [5.74, 6) is -1.51. The number of carbonyl (C=O) groups is 2. The number of anilines is 1. The second-order valence-corrected chi connectivity index (χ2v) is 8.71. The number of aryl methyl sites for hydroxylation is 1. The van der Waals surface area contributed by atoms with Crippen LogP contribution in [0.2, 0.25) is 0 Å². The summed E-state index contributed by atoms with van der Waals surface area (Å²) in [4.78, 5) is 24.2. The van der Waals surface area contributed by atoms with E-state index < -0.39 is 28.0 Å². The molecule has 0 aromatic heterocycles. The number of esters is 1. The average molecular weight is 422 g/mol. The van der Waals surface area contributed by atoms with Gasteiger partial charge < -0.3 is 10.1 Å². The van der Waals surface area contributed by atoms with Crippen LogP contribution >= 0.6 is 0 Å². The molecule has 7 nitrogen and oxygen atoms in total. The first-order valence-electron chi connectivity index (χ1n) is 8.87. The zero-order valence-electron chi connectivity index (χ0n) is 16.4. The van der Waals surface area contributed by atoms with Gasteiger partial charge in [-0.1, -0.05) is 18.2 Å². The fourth-order valence-electron chi connectivity index (χ4n) is 2.40. The van der Waals surface area contributed by atoms with Gasteiger partial charge in [0.15, 0.2) is 6.10 Å². The van der Waals surface area contributed by atoms with Crippen LogP contribution in [-0.2, 0) is 30.8 Å². The first kappa shape index (κ1) is 22.5. The van der Waals surface area contributed by atoms with Crippen LogP contribution in [-0.4, -0.2) is 44.8 Å². The molecule has 0 spiro atoms. The molecular weight excluding hydrogens is 399 g/mol. The molecule has 0 aliphatic rings. The average Bonchev–Trinajstić information content (AvgIpc) is 2.67. The smallest absolute Gasteiger partial charge is 0.306 e. The summed E-state index contributed by atoms with van der Waals surface area (Å²) in [6.07, 6.45) is -0.664. The number of hydrogen-bond acceptors (Lipinski definition) is 5. The number of halogens is 1. The Bertz CT molecular complexity index is 975. The Labute approximate surface area is 169 Å². The third-order valence-electron chi connectivity index (χ3n) is 4.09. The number of rotatable bonds is 8. The monoisotopic (exact) mass is 422 g/mol. The Morgan fingerprint density at radius 1 is 1.14 bits per heavy atom. The second kappa shape index (κ2) is 9.62. The molecule has 2 aromatic rings. The van der Waals surface area contributed by atoms with Crippen LogP contribution in [0.5, 0.6) is 0 Å². The fourth-order valence-corrected chi connectivity index (χ4v) is 3.34. The number of sulfonamides is 1. The quantitative estimate of drug-likeness (QED) is 0.660. The van der Waals surface area contributed by atoms with Crippen LogP contribution in [0.3, 0.4) is 0 Å². The number of ether oxygens (including phenoxy) is 1. The lowest BCUT2D eigenvalue weighted by Crippen LogP contribution is -2.30. The van der Waals surface area contributed by atoms with Crippen molar-refractivity contribution in [2.75, 3.05) is 19.4 Å². The van der Waals surface area contributed by atoms with Gasteiger partial charge in [-0.05, 0) is 49.2 Å². The highest BCUT2D eigenvalue weighted by atomic mass is 32.2. The highest BCUT2D eigenvalue weighted by Gasteiger charge is 2.20. The summed E-state index contributed by atoms with van der Waals surface area (Å²) in [6.45, 7) is 1.42. The predicted molar refractivity (Wildman–Crippen MR) is 106 cm³/mol. The standard InChI is InChI=1S/C20H23FN2O5S/c1-14(28-19(24)12-9-15-7-10-16(21)11-8-15)20(25)22-17-5-4-6-18(13-17)29(26,27)23(2)3/h4-8,10-11,13-14H,9,12H2,1-3H3,(H,22,25)/t14-/m0/s1. The maximum Gasteiger partial charge on any atom is 0.306 e. The number of hydrogen-bond donors (Lipinski definition) is 1. The molecule has 29 heavy (non-hydrogen) atoms. The first-order chi connectivity index (χ1) is 13.6. The molecule has 0 saturated heterocycles. The normalized spacial score (nSPS) is 12.4. The first-order valence-corrected chi connectivity index (χ1v) is 10.3. The SMILES string of the molecule is C[C@H](OC(=O)CCc1ccc(F)cc1)C(=O)Nc1cccc(S(=O)(=O)N(C)C)c1. The van der Waals surface area contributed by atoms with Gasteiger partial charge in [0.25, 0.3) is 5.91 Å². The molecular formula is C20H23FN2O5S. The Balaban J connectivity index is 1.91. The summed E-state index contributed by atoms with van der Waals surface area (Å²) in [6, 6.07) is 11.6. The lowest BCUT2D eigenvalue weighted by molar-refractivity contribution is -0.153. The van der Waals surface area contributed by atoms with E-state index in [1.54, 1.807) is 12.1 Å². The predicted octanol–water partition coefficient (Wildman–Crippen LogP) is 2.58. The van der Waals surface area contributed by atoms with E-state index in [9.17, 15) is 22.4 Å². The largest absolute Gasteiger partial charge is 0.453 e. The topological polar surface area (TPSA) is 92.8 Å². The molecule has 9 heteroatoms. The van der Waals surface area contributed by atoms with Gasteiger partial charge in [-0.2, -0.15) is 0 Å². The molecule has 0 saturated carbocycles. The molecule has 156 valence electrons. The Hall–Kier alpha value is -2.78.